The summed E-state index contributed by atoms with van der Waals surface area (Å²) in [5.41, 5.74) is 4.42. The molecule has 0 atom stereocenters. The number of carbonyl (C=O) groups excluding carboxylic acids is 1. The van der Waals surface area contributed by atoms with Crippen molar-refractivity contribution in [2.75, 3.05) is 25.5 Å². The van der Waals surface area contributed by atoms with Gasteiger partial charge in [-0.05, 0) is 67.8 Å². The number of hydrogen-bond donors (Lipinski definition) is 2. The Hall–Kier alpha value is -2.33. The Labute approximate surface area is 137 Å². The highest BCUT2D eigenvalue weighted by atomic mass is 16.5. The number of carbonyl (C=O) groups is 1. The summed E-state index contributed by atoms with van der Waals surface area (Å²) in [6.45, 7) is 5.14. The Balaban J connectivity index is 1.73. The van der Waals surface area contributed by atoms with E-state index >= 15 is 0 Å². The van der Waals surface area contributed by atoms with Gasteiger partial charge in [0.15, 0.2) is 0 Å². The number of ether oxygens (including phenoxy) is 1. The van der Waals surface area contributed by atoms with Gasteiger partial charge in [0, 0.05) is 5.69 Å². The lowest BCUT2D eigenvalue weighted by atomic mass is 10.1. The van der Waals surface area contributed by atoms with Crippen molar-refractivity contribution in [1.29, 1.82) is 0 Å². The molecule has 0 aliphatic carbocycles. The fourth-order valence-corrected chi connectivity index (χ4v) is 2.29. The first kappa shape index (κ1) is 17.0. The summed E-state index contributed by atoms with van der Waals surface area (Å²) in [6, 6.07) is 13.9. The van der Waals surface area contributed by atoms with Gasteiger partial charge in [0.05, 0.1) is 13.7 Å². The number of amides is 1. The van der Waals surface area contributed by atoms with Gasteiger partial charge in [-0.15, -0.1) is 0 Å². The lowest BCUT2D eigenvalue weighted by Crippen LogP contribution is -2.29. The molecule has 2 aromatic rings. The molecule has 0 aliphatic heterocycles. The van der Waals surface area contributed by atoms with Crippen LogP contribution in [0.3, 0.4) is 0 Å². The van der Waals surface area contributed by atoms with Crippen molar-refractivity contribution < 1.29 is 9.53 Å². The highest BCUT2D eigenvalue weighted by molar-refractivity contribution is 5.92. The lowest BCUT2D eigenvalue weighted by Gasteiger charge is -2.09. The summed E-state index contributed by atoms with van der Waals surface area (Å²) in [5.74, 6) is 0.828. The summed E-state index contributed by atoms with van der Waals surface area (Å²) >= 11 is 0. The molecule has 0 heterocycles. The SMILES string of the molecule is COc1cccc(CCNCC(=O)Nc2ccc(C)c(C)c2)c1. The van der Waals surface area contributed by atoms with Crippen LogP contribution in [-0.2, 0) is 11.2 Å². The maximum atomic E-state index is 11.9. The van der Waals surface area contributed by atoms with Gasteiger partial charge in [-0.2, -0.15) is 0 Å². The summed E-state index contributed by atoms with van der Waals surface area (Å²) in [6.07, 6.45) is 0.855. The van der Waals surface area contributed by atoms with Gasteiger partial charge in [0.25, 0.3) is 0 Å². The van der Waals surface area contributed by atoms with Crippen molar-refractivity contribution in [3.63, 3.8) is 0 Å². The molecule has 23 heavy (non-hydrogen) atoms. The average Bonchev–Trinajstić information content (AvgIpc) is 2.55. The van der Waals surface area contributed by atoms with Gasteiger partial charge in [-0.1, -0.05) is 18.2 Å². The Morgan fingerprint density at radius 1 is 1.09 bits per heavy atom. The van der Waals surface area contributed by atoms with E-state index in [1.807, 2.05) is 43.3 Å². The molecule has 0 saturated heterocycles. The summed E-state index contributed by atoms with van der Waals surface area (Å²) in [5, 5.41) is 6.07. The number of methoxy groups -OCH3 is 1. The fourth-order valence-electron chi connectivity index (χ4n) is 2.29. The molecule has 1 amide bonds. The van der Waals surface area contributed by atoms with Crippen LogP contribution in [-0.4, -0.2) is 26.1 Å². The lowest BCUT2D eigenvalue weighted by molar-refractivity contribution is -0.115. The number of nitrogens with one attached hydrogen (secondary N) is 2. The molecule has 0 fully saturated rings. The Morgan fingerprint density at radius 2 is 1.91 bits per heavy atom. The van der Waals surface area contributed by atoms with Crippen LogP contribution in [0.1, 0.15) is 16.7 Å². The van der Waals surface area contributed by atoms with E-state index in [2.05, 4.69) is 23.6 Å². The highest BCUT2D eigenvalue weighted by Gasteiger charge is 2.03. The molecule has 4 heteroatoms. The van der Waals surface area contributed by atoms with Gasteiger partial charge >= 0.3 is 0 Å². The van der Waals surface area contributed by atoms with Crippen molar-refractivity contribution in [2.45, 2.75) is 20.3 Å². The van der Waals surface area contributed by atoms with Crippen LogP contribution < -0.4 is 15.4 Å². The first-order chi connectivity index (χ1) is 11.1. The van der Waals surface area contributed by atoms with Gasteiger partial charge in [0.2, 0.25) is 5.91 Å². The van der Waals surface area contributed by atoms with Crippen LogP contribution in [0.5, 0.6) is 5.75 Å². The minimum absolute atomic E-state index is 0.0288. The molecule has 2 N–H and O–H groups in total. The van der Waals surface area contributed by atoms with Crippen LogP contribution in [0, 0.1) is 13.8 Å². The Bertz CT molecular complexity index is 668. The van der Waals surface area contributed by atoms with E-state index in [1.165, 1.54) is 16.7 Å². The van der Waals surface area contributed by atoms with Crippen LogP contribution in [0.15, 0.2) is 42.5 Å². The minimum atomic E-state index is -0.0288. The second-order valence-corrected chi connectivity index (χ2v) is 5.63. The van der Waals surface area contributed by atoms with E-state index in [0.29, 0.717) is 6.54 Å². The second kappa shape index (κ2) is 8.34. The summed E-state index contributed by atoms with van der Waals surface area (Å²) < 4.78 is 5.20. The Morgan fingerprint density at radius 3 is 2.65 bits per heavy atom. The predicted molar refractivity (Wildman–Crippen MR) is 94.1 cm³/mol. The third-order valence-electron chi connectivity index (χ3n) is 3.80. The van der Waals surface area contributed by atoms with E-state index in [4.69, 9.17) is 4.74 Å². The maximum absolute atomic E-state index is 11.9. The van der Waals surface area contributed by atoms with Gasteiger partial charge < -0.3 is 15.4 Å². The second-order valence-electron chi connectivity index (χ2n) is 5.63. The van der Waals surface area contributed by atoms with Crippen molar-refractivity contribution in [2.24, 2.45) is 0 Å². The summed E-state index contributed by atoms with van der Waals surface area (Å²) in [7, 11) is 1.66. The quantitative estimate of drug-likeness (QED) is 0.773. The van der Waals surface area contributed by atoms with Crippen LogP contribution >= 0.6 is 0 Å². The van der Waals surface area contributed by atoms with Gasteiger partial charge in [-0.25, -0.2) is 0 Å². The monoisotopic (exact) mass is 312 g/mol. The van der Waals surface area contributed by atoms with Gasteiger partial charge in [-0.3, -0.25) is 4.79 Å². The first-order valence-corrected chi connectivity index (χ1v) is 7.79. The average molecular weight is 312 g/mol. The van der Waals surface area contributed by atoms with Crippen molar-refractivity contribution in [3.8, 4) is 5.75 Å². The molecule has 2 rings (SSSR count). The number of benzene rings is 2. The molecule has 0 aromatic heterocycles. The zero-order valence-corrected chi connectivity index (χ0v) is 14.0. The molecule has 0 bridgehead atoms. The van der Waals surface area contributed by atoms with E-state index < -0.39 is 0 Å². The standard InChI is InChI=1S/C19H24N2O2/c1-14-7-8-17(11-15(14)2)21-19(22)13-20-10-9-16-5-4-6-18(12-16)23-3/h4-8,11-12,20H,9-10,13H2,1-3H3,(H,21,22). The number of hydrogen-bond acceptors (Lipinski definition) is 3. The zero-order chi connectivity index (χ0) is 16.7. The third-order valence-corrected chi connectivity index (χ3v) is 3.80. The maximum Gasteiger partial charge on any atom is 0.238 e. The van der Waals surface area contributed by atoms with Crippen molar-refractivity contribution >= 4 is 11.6 Å². The van der Waals surface area contributed by atoms with Crippen molar-refractivity contribution in [3.05, 3.63) is 59.2 Å². The molecular weight excluding hydrogens is 288 g/mol. The number of aryl methyl sites for hydroxylation is 2. The minimum Gasteiger partial charge on any atom is -0.497 e. The normalized spacial score (nSPS) is 10.4. The molecule has 0 saturated carbocycles. The molecule has 2 aromatic carbocycles. The third kappa shape index (κ3) is 5.42. The number of rotatable bonds is 7. The zero-order valence-electron chi connectivity index (χ0n) is 14.0. The first-order valence-electron chi connectivity index (χ1n) is 7.79. The molecule has 0 radical (unpaired) electrons. The van der Waals surface area contributed by atoms with Crippen LogP contribution in [0.2, 0.25) is 0 Å². The molecule has 0 spiro atoms. The molecule has 122 valence electrons. The number of anilines is 1. The molecule has 0 unspecified atom stereocenters. The van der Waals surface area contributed by atoms with Crippen molar-refractivity contribution in [1.82, 2.24) is 5.32 Å². The molecule has 0 aliphatic rings. The topological polar surface area (TPSA) is 50.4 Å². The van der Waals surface area contributed by atoms with Gasteiger partial charge in [0.1, 0.15) is 5.75 Å². The van der Waals surface area contributed by atoms with E-state index in [9.17, 15) is 4.79 Å². The van der Waals surface area contributed by atoms with E-state index in [-0.39, 0.29) is 5.91 Å². The fraction of sp³-hybridized carbons (Fsp3) is 0.316. The summed E-state index contributed by atoms with van der Waals surface area (Å²) in [4.78, 5) is 11.9. The van der Waals surface area contributed by atoms with Crippen LogP contribution in [0.4, 0.5) is 5.69 Å². The highest BCUT2D eigenvalue weighted by Crippen LogP contribution is 2.14. The van der Waals surface area contributed by atoms with Crippen LogP contribution in [0.25, 0.3) is 0 Å². The molecular formula is C19H24N2O2. The smallest absolute Gasteiger partial charge is 0.238 e. The predicted octanol–water partition coefficient (Wildman–Crippen LogP) is 3.08. The Kier molecular flexibility index (Phi) is 6.18. The van der Waals surface area contributed by atoms with E-state index in [0.717, 1.165) is 24.4 Å². The largest absolute Gasteiger partial charge is 0.497 e. The van der Waals surface area contributed by atoms with E-state index in [1.54, 1.807) is 7.11 Å². The molecule has 4 nitrogen and oxygen atoms in total.